The normalized spacial score (nSPS) is 11.4. The number of hydrogen-bond acceptors (Lipinski definition) is 4. The molecule has 1 aromatic rings. The zero-order valence-corrected chi connectivity index (χ0v) is 11.8. The molecule has 3 N–H and O–H groups in total. The minimum Gasteiger partial charge on any atom is -0.488 e. The molecule has 0 aromatic heterocycles. The zero-order chi connectivity index (χ0) is 16.0. The molecule has 1 aromatic carbocycles. The van der Waals surface area contributed by atoms with E-state index in [2.05, 4.69) is 0 Å². The fraction of sp³-hybridized carbons (Fsp3) is 0.417. The Bertz CT molecular complexity index is 595. The smallest absolute Gasteiger partial charge is 0.303 e. The van der Waals surface area contributed by atoms with Gasteiger partial charge in [-0.3, -0.25) is 4.79 Å². The van der Waals surface area contributed by atoms with Crippen LogP contribution in [0.25, 0.3) is 0 Å². The first-order valence-corrected chi connectivity index (χ1v) is 7.63. The molecule has 0 spiro atoms. The highest BCUT2D eigenvalue weighted by atomic mass is 32.2. The van der Waals surface area contributed by atoms with Crippen molar-refractivity contribution < 1.29 is 31.8 Å². The average molecular weight is 323 g/mol. The maximum Gasteiger partial charge on any atom is 0.303 e. The second-order valence-corrected chi connectivity index (χ2v) is 5.88. The molecule has 0 saturated heterocycles. The number of primary sulfonamides is 1. The Morgan fingerprint density at radius 1 is 1.19 bits per heavy atom. The summed E-state index contributed by atoms with van der Waals surface area (Å²) in [6.45, 7) is -0.0117. The predicted molar refractivity (Wildman–Crippen MR) is 69.3 cm³/mol. The summed E-state index contributed by atoms with van der Waals surface area (Å²) in [7, 11) is -4.20. The number of carboxylic acids is 1. The average Bonchev–Trinajstić information content (AvgIpc) is 2.34. The van der Waals surface area contributed by atoms with Crippen LogP contribution in [0.15, 0.2) is 17.0 Å². The van der Waals surface area contributed by atoms with Crippen LogP contribution < -0.4 is 9.88 Å². The van der Waals surface area contributed by atoms with Gasteiger partial charge in [0.1, 0.15) is 0 Å². The molecule has 1 rings (SSSR count). The zero-order valence-electron chi connectivity index (χ0n) is 11.0. The molecule has 0 radical (unpaired) electrons. The number of ether oxygens (including phenoxy) is 1. The quantitative estimate of drug-likeness (QED) is 0.707. The molecule has 0 aliphatic carbocycles. The van der Waals surface area contributed by atoms with Crippen molar-refractivity contribution in [3.8, 4) is 5.75 Å². The molecular formula is C12H15F2NO5S. The summed E-state index contributed by atoms with van der Waals surface area (Å²) in [6.07, 6.45) is 1.41. The van der Waals surface area contributed by atoms with Crippen molar-refractivity contribution in [2.45, 2.75) is 30.6 Å². The number of halogens is 2. The summed E-state index contributed by atoms with van der Waals surface area (Å²) in [4.78, 5) is 9.59. The van der Waals surface area contributed by atoms with Crippen LogP contribution in [0.2, 0.25) is 0 Å². The summed E-state index contributed by atoms with van der Waals surface area (Å²) in [5, 5.41) is 13.2. The first-order valence-electron chi connectivity index (χ1n) is 6.08. The van der Waals surface area contributed by atoms with E-state index in [4.69, 9.17) is 15.0 Å². The SMILES string of the molecule is NS(=O)(=O)c1cc(F)c(OCCCCCC(=O)O)c(F)c1. The lowest BCUT2D eigenvalue weighted by Crippen LogP contribution is -2.13. The van der Waals surface area contributed by atoms with E-state index in [9.17, 15) is 22.0 Å². The van der Waals surface area contributed by atoms with Gasteiger partial charge in [0.05, 0.1) is 11.5 Å². The van der Waals surface area contributed by atoms with Crippen molar-refractivity contribution in [3.05, 3.63) is 23.8 Å². The third-order valence-corrected chi connectivity index (χ3v) is 3.47. The van der Waals surface area contributed by atoms with Gasteiger partial charge >= 0.3 is 5.97 Å². The lowest BCUT2D eigenvalue weighted by molar-refractivity contribution is -0.137. The number of carbonyl (C=O) groups is 1. The molecule has 0 amide bonds. The number of carboxylic acid groups (broad SMARTS) is 1. The summed E-state index contributed by atoms with van der Waals surface area (Å²) in [5.41, 5.74) is 0. The molecule has 0 fully saturated rings. The van der Waals surface area contributed by atoms with Crippen LogP contribution in [0.5, 0.6) is 5.75 Å². The van der Waals surface area contributed by atoms with Crippen LogP contribution in [-0.4, -0.2) is 26.1 Å². The van der Waals surface area contributed by atoms with Gasteiger partial charge in [-0.25, -0.2) is 22.3 Å². The van der Waals surface area contributed by atoms with Gasteiger partial charge in [-0.05, 0) is 31.4 Å². The van der Waals surface area contributed by atoms with Gasteiger partial charge in [-0.2, -0.15) is 0 Å². The number of unbranched alkanes of at least 4 members (excludes halogenated alkanes) is 2. The Morgan fingerprint density at radius 2 is 1.76 bits per heavy atom. The Labute approximate surface area is 120 Å². The van der Waals surface area contributed by atoms with Crippen LogP contribution >= 0.6 is 0 Å². The van der Waals surface area contributed by atoms with Gasteiger partial charge in [0.2, 0.25) is 10.0 Å². The Hall–Kier alpha value is -1.74. The molecule has 0 unspecified atom stereocenters. The van der Waals surface area contributed by atoms with Crippen LogP contribution in [0.1, 0.15) is 25.7 Å². The van der Waals surface area contributed by atoms with Crippen LogP contribution in [0, 0.1) is 11.6 Å². The van der Waals surface area contributed by atoms with Crippen molar-refractivity contribution in [2.24, 2.45) is 5.14 Å². The van der Waals surface area contributed by atoms with E-state index in [1.54, 1.807) is 0 Å². The Kier molecular flexibility index (Phi) is 6.03. The molecule has 0 saturated carbocycles. The summed E-state index contributed by atoms with van der Waals surface area (Å²) < 4.78 is 54.0. The minimum absolute atomic E-state index is 0.0117. The Balaban J connectivity index is 2.59. The standard InChI is InChI=1S/C12H15F2NO5S/c13-9-6-8(21(15,18)19)7-10(14)12(9)20-5-3-1-2-4-11(16)17/h6-7H,1-5H2,(H,16,17)(H2,15,18,19). The van der Waals surface area contributed by atoms with E-state index in [0.29, 0.717) is 31.4 Å². The van der Waals surface area contributed by atoms with E-state index in [1.165, 1.54) is 0 Å². The molecular weight excluding hydrogens is 308 g/mol. The van der Waals surface area contributed by atoms with E-state index in [-0.39, 0.29) is 13.0 Å². The number of hydrogen-bond donors (Lipinski definition) is 2. The summed E-state index contributed by atoms with van der Waals surface area (Å²) in [6, 6.07) is 1.16. The minimum atomic E-state index is -4.20. The van der Waals surface area contributed by atoms with Gasteiger partial charge in [-0.15, -0.1) is 0 Å². The summed E-state index contributed by atoms with van der Waals surface area (Å²) >= 11 is 0. The largest absolute Gasteiger partial charge is 0.488 e. The Morgan fingerprint density at radius 3 is 2.24 bits per heavy atom. The fourth-order valence-electron chi connectivity index (χ4n) is 1.57. The molecule has 21 heavy (non-hydrogen) atoms. The molecule has 0 aliphatic heterocycles. The first kappa shape index (κ1) is 17.3. The predicted octanol–water partition coefficient (Wildman–Crippen LogP) is 1.64. The summed E-state index contributed by atoms with van der Waals surface area (Å²) in [5.74, 6) is -3.92. The molecule has 0 bridgehead atoms. The number of sulfonamides is 1. The van der Waals surface area contributed by atoms with Gasteiger partial charge in [-0.1, -0.05) is 0 Å². The topological polar surface area (TPSA) is 107 Å². The van der Waals surface area contributed by atoms with Crippen molar-refractivity contribution in [2.75, 3.05) is 6.61 Å². The number of aliphatic carboxylic acids is 1. The second kappa shape index (κ2) is 7.32. The fourth-order valence-corrected chi connectivity index (χ4v) is 2.10. The van der Waals surface area contributed by atoms with Gasteiger partial charge in [0, 0.05) is 6.42 Å². The van der Waals surface area contributed by atoms with Crippen molar-refractivity contribution in [1.29, 1.82) is 0 Å². The lowest BCUT2D eigenvalue weighted by atomic mass is 10.2. The molecule has 6 nitrogen and oxygen atoms in total. The first-order chi connectivity index (χ1) is 9.71. The number of rotatable bonds is 8. The lowest BCUT2D eigenvalue weighted by Gasteiger charge is -2.09. The number of benzene rings is 1. The van der Waals surface area contributed by atoms with Crippen molar-refractivity contribution in [3.63, 3.8) is 0 Å². The highest BCUT2D eigenvalue weighted by Crippen LogP contribution is 2.25. The van der Waals surface area contributed by atoms with Crippen LogP contribution in [-0.2, 0) is 14.8 Å². The number of nitrogens with two attached hydrogens (primary N) is 1. The van der Waals surface area contributed by atoms with E-state index in [1.807, 2.05) is 0 Å². The van der Waals surface area contributed by atoms with Gasteiger partial charge < -0.3 is 9.84 Å². The van der Waals surface area contributed by atoms with Crippen LogP contribution in [0.3, 0.4) is 0 Å². The highest BCUT2D eigenvalue weighted by Gasteiger charge is 2.17. The highest BCUT2D eigenvalue weighted by molar-refractivity contribution is 7.89. The van der Waals surface area contributed by atoms with Crippen molar-refractivity contribution in [1.82, 2.24) is 0 Å². The van der Waals surface area contributed by atoms with Gasteiger partial charge in [0.25, 0.3) is 0 Å². The molecule has 118 valence electrons. The van der Waals surface area contributed by atoms with E-state index >= 15 is 0 Å². The van der Waals surface area contributed by atoms with Gasteiger partial charge in [0.15, 0.2) is 17.4 Å². The maximum atomic E-state index is 13.6. The van der Waals surface area contributed by atoms with E-state index in [0.717, 1.165) is 0 Å². The van der Waals surface area contributed by atoms with Crippen molar-refractivity contribution >= 4 is 16.0 Å². The molecule has 9 heteroatoms. The molecule has 0 atom stereocenters. The molecule has 0 heterocycles. The maximum absolute atomic E-state index is 13.6. The third-order valence-electron chi connectivity index (χ3n) is 2.58. The van der Waals surface area contributed by atoms with Crippen LogP contribution in [0.4, 0.5) is 8.78 Å². The monoisotopic (exact) mass is 323 g/mol. The molecule has 0 aliphatic rings. The third kappa shape index (κ3) is 5.64. The second-order valence-electron chi connectivity index (χ2n) is 4.31. The van der Waals surface area contributed by atoms with E-state index < -0.39 is 38.3 Å².